The van der Waals surface area contributed by atoms with E-state index in [0.29, 0.717) is 6.42 Å². The molecule has 1 aromatic carbocycles. The maximum atomic E-state index is 11.4. The maximum Gasteiger partial charge on any atom is 0.320 e. The molecular weight excluding hydrogens is 226 g/mol. The molecule has 0 aromatic heterocycles. The van der Waals surface area contributed by atoms with Crippen LogP contribution in [0, 0.1) is 12.3 Å². The third kappa shape index (κ3) is 5.51. The first kappa shape index (κ1) is 14.3. The number of benzene rings is 1. The van der Waals surface area contributed by atoms with Crippen molar-refractivity contribution < 1.29 is 9.53 Å². The molecule has 1 unspecified atom stereocenters. The molecule has 0 fully saturated rings. The lowest BCUT2D eigenvalue weighted by atomic mass is 10.1. The molecule has 0 bridgehead atoms. The van der Waals surface area contributed by atoms with Gasteiger partial charge in [-0.1, -0.05) is 36.3 Å². The van der Waals surface area contributed by atoms with Gasteiger partial charge in [-0.15, -0.1) is 6.42 Å². The number of terminal acetylenes is 1. The molecule has 3 nitrogen and oxygen atoms in total. The van der Waals surface area contributed by atoms with Crippen molar-refractivity contribution in [2.75, 3.05) is 6.54 Å². The van der Waals surface area contributed by atoms with Crippen molar-refractivity contribution in [2.24, 2.45) is 0 Å². The van der Waals surface area contributed by atoms with Crippen LogP contribution in [-0.2, 0) is 16.0 Å². The van der Waals surface area contributed by atoms with E-state index in [-0.39, 0.29) is 24.7 Å². The normalized spacial score (nSPS) is 11.9. The zero-order valence-corrected chi connectivity index (χ0v) is 10.8. The molecule has 96 valence electrons. The second kappa shape index (κ2) is 7.52. The first-order chi connectivity index (χ1) is 8.61. The third-order valence-corrected chi connectivity index (χ3v) is 2.34. The van der Waals surface area contributed by atoms with Crippen LogP contribution in [0.15, 0.2) is 30.3 Å². The summed E-state index contributed by atoms with van der Waals surface area (Å²) in [4.78, 5) is 11.4. The van der Waals surface area contributed by atoms with Gasteiger partial charge in [-0.25, -0.2) is 0 Å². The van der Waals surface area contributed by atoms with Crippen LogP contribution in [0.4, 0.5) is 0 Å². The van der Waals surface area contributed by atoms with Gasteiger partial charge in [-0.3, -0.25) is 10.1 Å². The van der Waals surface area contributed by atoms with E-state index in [0.717, 1.165) is 5.56 Å². The lowest BCUT2D eigenvalue weighted by molar-refractivity contribution is -0.146. The molecular formula is C15H19NO2. The Hall–Kier alpha value is -1.79. The van der Waals surface area contributed by atoms with Gasteiger partial charge >= 0.3 is 5.97 Å². The molecule has 0 radical (unpaired) electrons. The van der Waals surface area contributed by atoms with Gasteiger partial charge in [0.15, 0.2) is 0 Å². The van der Waals surface area contributed by atoms with Gasteiger partial charge in [-0.05, 0) is 25.8 Å². The minimum Gasteiger partial charge on any atom is -0.462 e. The van der Waals surface area contributed by atoms with Crippen LogP contribution in [0.3, 0.4) is 0 Å². The lowest BCUT2D eigenvalue weighted by Gasteiger charge is -2.13. The third-order valence-electron chi connectivity index (χ3n) is 2.34. The Morgan fingerprint density at radius 3 is 2.61 bits per heavy atom. The molecule has 0 amide bonds. The Balaban J connectivity index is 2.39. The average molecular weight is 245 g/mol. The number of esters is 1. The maximum absolute atomic E-state index is 11.4. The summed E-state index contributed by atoms with van der Waals surface area (Å²) in [6.45, 7) is 3.78. The molecule has 0 aliphatic rings. The number of rotatable bonds is 6. The van der Waals surface area contributed by atoms with Crippen molar-refractivity contribution >= 4 is 5.97 Å². The highest BCUT2D eigenvalue weighted by Crippen LogP contribution is 2.02. The smallest absolute Gasteiger partial charge is 0.320 e. The summed E-state index contributed by atoms with van der Waals surface area (Å²) in [6, 6.07) is 9.76. The zero-order chi connectivity index (χ0) is 13.4. The van der Waals surface area contributed by atoms with E-state index in [9.17, 15) is 4.79 Å². The SMILES string of the molecule is C#CC(Cc1ccccc1)NCC(=O)OC(C)C. The Kier molecular flexibility index (Phi) is 5.96. The van der Waals surface area contributed by atoms with E-state index in [1.165, 1.54) is 0 Å². The van der Waals surface area contributed by atoms with Crippen LogP contribution in [0.25, 0.3) is 0 Å². The largest absolute Gasteiger partial charge is 0.462 e. The van der Waals surface area contributed by atoms with Crippen molar-refractivity contribution in [2.45, 2.75) is 32.4 Å². The molecule has 0 spiro atoms. The number of hydrogen-bond donors (Lipinski definition) is 1. The standard InChI is InChI=1S/C15H19NO2/c1-4-14(10-13-8-6-5-7-9-13)16-11-15(17)18-12(2)3/h1,5-9,12,14,16H,10-11H2,2-3H3. The molecule has 0 aliphatic carbocycles. The number of hydrogen-bond acceptors (Lipinski definition) is 3. The summed E-state index contributed by atoms with van der Waals surface area (Å²) in [5.74, 6) is 2.36. The molecule has 3 heteroatoms. The molecule has 0 saturated carbocycles. The Labute approximate surface area is 109 Å². The van der Waals surface area contributed by atoms with E-state index in [4.69, 9.17) is 11.2 Å². The van der Waals surface area contributed by atoms with E-state index in [1.807, 2.05) is 44.2 Å². The highest BCUT2D eigenvalue weighted by Gasteiger charge is 2.10. The van der Waals surface area contributed by atoms with Gasteiger partial charge in [0, 0.05) is 0 Å². The number of carbonyl (C=O) groups excluding carboxylic acids is 1. The highest BCUT2D eigenvalue weighted by atomic mass is 16.5. The van der Waals surface area contributed by atoms with Crippen LogP contribution < -0.4 is 5.32 Å². The van der Waals surface area contributed by atoms with Gasteiger partial charge in [0.05, 0.1) is 18.7 Å². The molecule has 0 heterocycles. The van der Waals surface area contributed by atoms with Crippen molar-refractivity contribution in [3.8, 4) is 12.3 Å². The molecule has 0 aliphatic heterocycles. The fraction of sp³-hybridized carbons (Fsp3) is 0.400. The van der Waals surface area contributed by atoms with E-state index in [1.54, 1.807) is 0 Å². The summed E-state index contributed by atoms with van der Waals surface area (Å²) in [6.07, 6.45) is 6.04. The van der Waals surface area contributed by atoms with Crippen LogP contribution in [-0.4, -0.2) is 24.7 Å². The Morgan fingerprint density at radius 1 is 1.39 bits per heavy atom. The first-order valence-electron chi connectivity index (χ1n) is 6.04. The minimum absolute atomic E-state index is 0.0993. The molecule has 1 N–H and O–H groups in total. The summed E-state index contributed by atoms with van der Waals surface area (Å²) >= 11 is 0. The molecule has 1 atom stereocenters. The minimum atomic E-state index is -0.279. The van der Waals surface area contributed by atoms with E-state index < -0.39 is 0 Å². The predicted molar refractivity (Wildman–Crippen MR) is 72.0 cm³/mol. The molecule has 18 heavy (non-hydrogen) atoms. The van der Waals surface area contributed by atoms with Crippen molar-refractivity contribution in [3.05, 3.63) is 35.9 Å². The van der Waals surface area contributed by atoms with Crippen LogP contribution in [0.5, 0.6) is 0 Å². The Bertz CT molecular complexity index is 406. The fourth-order valence-corrected chi connectivity index (χ4v) is 1.55. The molecule has 1 aromatic rings. The first-order valence-corrected chi connectivity index (χ1v) is 6.04. The highest BCUT2D eigenvalue weighted by molar-refractivity contribution is 5.71. The van der Waals surface area contributed by atoms with Crippen LogP contribution in [0.1, 0.15) is 19.4 Å². The van der Waals surface area contributed by atoms with Gasteiger partial charge in [0.2, 0.25) is 0 Å². The summed E-state index contributed by atoms with van der Waals surface area (Å²) in [5, 5.41) is 3.01. The van der Waals surface area contributed by atoms with Crippen molar-refractivity contribution in [1.29, 1.82) is 0 Å². The molecule has 0 saturated heterocycles. The van der Waals surface area contributed by atoms with Crippen molar-refractivity contribution in [1.82, 2.24) is 5.32 Å². The van der Waals surface area contributed by atoms with E-state index in [2.05, 4.69) is 11.2 Å². The molecule has 1 rings (SSSR count). The quantitative estimate of drug-likeness (QED) is 0.613. The monoisotopic (exact) mass is 245 g/mol. The topological polar surface area (TPSA) is 38.3 Å². The second-order valence-corrected chi connectivity index (χ2v) is 4.33. The van der Waals surface area contributed by atoms with Crippen molar-refractivity contribution in [3.63, 3.8) is 0 Å². The average Bonchev–Trinajstić information content (AvgIpc) is 2.35. The van der Waals surface area contributed by atoms with Gasteiger partial charge in [-0.2, -0.15) is 0 Å². The van der Waals surface area contributed by atoms with Crippen LogP contribution >= 0.6 is 0 Å². The Morgan fingerprint density at radius 2 is 2.06 bits per heavy atom. The number of ether oxygens (including phenoxy) is 1. The van der Waals surface area contributed by atoms with Gasteiger partial charge in [0.25, 0.3) is 0 Å². The second-order valence-electron chi connectivity index (χ2n) is 4.33. The van der Waals surface area contributed by atoms with Gasteiger partial charge in [0.1, 0.15) is 0 Å². The summed E-state index contributed by atoms with van der Waals surface area (Å²) < 4.78 is 5.03. The fourth-order valence-electron chi connectivity index (χ4n) is 1.55. The van der Waals surface area contributed by atoms with Crippen LogP contribution in [0.2, 0.25) is 0 Å². The number of nitrogens with one attached hydrogen (secondary N) is 1. The predicted octanol–water partition coefficient (Wildman–Crippen LogP) is 1.77. The lowest BCUT2D eigenvalue weighted by Crippen LogP contribution is -2.35. The van der Waals surface area contributed by atoms with Gasteiger partial charge < -0.3 is 4.74 Å². The van der Waals surface area contributed by atoms with E-state index >= 15 is 0 Å². The summed E-state index contributed by atoms with van der Waals surface area (Å²) in [5.41, 5.74) is 1.14. The number of carbonyl (C=O) groups is 1. The summed E-state index contributed by atoms with van der Waals surface area (Å²) in [7, 11) is 0. The zero-order valence-electron chi connectivity index (χ0n) is 10.8.